The molecule has 0 bridgehead atoms. The van der Waals surface area contributed by atoms with Gasteiger partial charge in [0.05, 0.1) is 11.1 Å². The first-order valence-corrected chi connectivity index (χ1v) is 7.60. The number of nitrogens with zero attached hydrogens (tertiary/aromatic N) is 2. The predicted octanol–water partition coefficient (Wildman–Crippen LogP) is 2.87. The molecule has 0 radical (unpaired) electrons. The van der Waals surface area contributed by atoms with Crippen LogP contribution in [0.25, 0.3) is 0 Å². The Balaban J connectivity index is 1.60. The van der Waals surface area contributed by atoms with Gasteiger partial charge in [0.1, 0.15) is 0 Å². The van der Waals surface area contributed by atoms with Crippen LogP contribution in [0.2, 0.25) is 0 Å². The molecule has 1 amide bonds. The summed E-state index contributed by atoms with van der Waals surface area (Å²) in [4.78, 5) is 22.5. The highest BCUT2D eigenvalue weighted by Crippen LogP contribution is 2.66. The summed E-state index contributed by atoms with van der Waals surface area (Å²) < 4.78 is 0. The Labute approximate surface area is 128 Å². The van der Waals surface area contributed by atoms with Crippen molar-refractivity contribution in [1.82, 2.24) is 5.43 Å². The number of hydrazone groups is 1. The van der Waals surface area contributed by atoms with Crippen LogP contribution in [0.4, 0.5) is 5.69 Å². The Bertz CT molecular complexity index is 643. The van der Waals surface area contributed by atoms with E-state index in [0.29, 0.717) is 11.5 Å². The highest BCUT2D eigenvalue weighted by atomic mass is 16.6. The smallest absolute Gasteiger partial charge is 0.270 e. The third-order valence-electron chi connectivity index (χ3n) is 5.08. The topological polar surface area (TPSA) is 84.6 Å². The average molecular weight is 301 g/mol. The van der Waals surface area contributed by atoms with Crippen LogP contribution in [0.15, 0.2) is 29.4 Å². The molecule has 2 fully saturated rings. The molecule has 1 aromatic rings. The summed E-state index contributed by atoms with van der Waals surface area (Å²) in [5, 5.41) is 14.6. The van der Waals surface area contributed by atoms with Gasteiger partial charge in [-0.1, -0.05) is 31.9 Å². The van der Waals surface area contributed by atoms with Crippen molar-refractivity contribution in [3.05, 3.63) is 39.9 Å². The van der Waals surface area contributed by atoms with Crippen LogP contribution in [0.1, 0.15) is 38.2 Å². The molecule has 0 aliphatic heterocycles. The van der Waals surface area contributed by atoms with Crippen molar-refractivity contribution >= 4 is 17.8 Å². The maximum absolute atomic E-state index is 12.2. The van der Waals surface area contributed by atoms with Crippen LogP contribution in [-0.4, -0.2) is 17.0 Å². The Morgan fingerprint density at radius 3 is 3.00 bits per heavy atom. The molecular formula is C16H19N3O3. The molecule has 3 rings (SSSR count). The Kier molecular flexibility index (Phi) is 3.68. The van der Waals surface area contributed by atoms with E-state index < -0.39 is 4.92 Å². The number of benzene rings is 1. The predicted molar refractivity (Wildman–Crippen MR) is 82.4 cm³/mol. The minimum absolute atomic E-state index is 0.0102. The fraction of sp³-hybridized carbons (Fsp3) is 0.500. The van der Waals surface area contributed by atoms with Gasteiger partial charge in [-0.05, 0) is 24.2 Å². The quantitative estimate of drug-likeness (QED) is 0.527. The van der Waals surface area contributed by atoms with Crippen LogP contribution < -0.4 is 5.43 Å². The number of carbonyl (C=O) groups is 1. The lowest BCUT2D eigenvalue weighted by molar-refractivity contribution is -0.384. The van der Waals surface area contributed by atoms with Gasteiger partial charge < -0.3 is 0 Å². The van der Waals surface area contributed by atoms with Crippen LogP contribution >= 0.6 is 0 Å². The number of non-ortho nitro benzene ring substituents is 1. The standard InChI is InChI=1S/C16H19N3O3/c1-16-8-3-2-7-13(16)14(16)15(20)18-17-10-11-5-4-6-12(9-11)19(21)22/h4-6,9-10,13-14H,2-3,7-8H2,1H3,(H,18,20)/b17-10+/t13-,14+,16+/m1/s1. The first kappa shape index (κ1) is 14.7. The lowest BCUT2D eigenvalue weighted by atomic mass is 9.90. The van der Waals surface area contributed by atoms with Gasteiger partial charge in [-0.25, -0.2) is 5.43 Å². The highest BCUT2D eigenvalue weighted by molar-refractivity contribution is 5.86. The van der Waals surface area contributed by atoms with Crippen molar-refractivity contribution in [2.24, 2.45) is 22.4 Å². The van der Waals surface area contributed by atoms with E-state index in [2.05, 4.69) is 17.5 Å². The fourth-order valence-electron chi connectivity index (χ4n) is 3.81. The minimum Gasteiger partial charge on any atom is -0.273 e. The molecule has 116 valence electrons. The number of nitro groups is 1. The number of fused-ring (bicyclic) bond motifs is 1. The summed E-state index contributed by atoms with van der Waals surface area (Å²) in [7, 11) is 0. The molecule has 3 atom stereocenters. The van der Waals surface area contributed by atoms with Crippen molar-refractivity contribution in [3.63, 3.8) is 0 Å². The maximum Gasteiger partial charge on any atom is 0.270 e. The number of amides is 1. The van der Waals surface area contributed by atoms with E-state index in [1.165, 1.54) is 31.2 Å². The zero-order valence-electron chi connectivity index (χ0n) is 12.5. The van der Waals surface area contributed by atoms with Gasteiger partial charge >= 0.3 is 0 Å². The summed E-state index contributed by atoms with van der Waals surface area (Å²) in [6, 6.07) is 6.15. The van der Waals surface area contributed by atoms with E-state index >= 15 is 0 Å². The number of hydrogen-bond acceptors (Lipinski definition) is 4. The number of carbonyl (C=O) groups excluding carboxylic acids is 1. The third-order valence-corrected chi connectivity index (χ3v) is 5.08. The first-order chi connectivity index (χ1) is 10.5. The van der Waals surface area contributed by atoms with Gasteiger partial charge in [-0.3, -0.25) is 14.9 Å². The molecule has 0 aromatic heterocycles. The zero-order valence-corrected chi connectivity index (χ0v) is 12.5. The van der Waals surface area contributed by atoms with Gasteiger partial charge in [0.2, 0.25) is 5.91 Å². The van der Waals surface area contributed by atoms with E-state index in [4.69, 9.17) is 0 Å². The summed E-state index contributed by atoms with van der Waals surface area (Å²) in [5.74, 6) is 0.530. The van der Waals surface area contributed by atoms with Crippen molar-refractivity contribution in [1.29, 1.82) is 0 Å². The largest absolute Gasteiger partial charge is 0.273 e. The lowest BCUT2D eigenvalue weighted by Gasteiger charge is -2.15. The third kappa shape index (κ3) is 2.61. The molecule has 0 saturated heterocycles. The summed E-state index contributed by atoms with van der Waals surface area (Å²) in [6.45, 7) is 2.19. The van der Waals surface area contributed by atoms with Gasteiger partial charge in [0.25, 0.3) is 5.69 Å². The molecule has 2 saturated carbocycles. The molecular weight excluding hydrogens is 282 g/mol. The van der Waals surface area contributed by atoms with Crippen molar-refractivity contribution in [3.8, 4) is 0 Å². The van der Waals surface area contributed by atoms with Gasteiger partial charge in [0.15, 0.2) is 0 Å². The molecule has 1 aromatic carbocycles. The van der Waals surface area contributed by atoms with Crippen LogP contribution in [-0.2, 0) is 4.79 Å². The normalized spacial score (nSPS) is 29.9. The number of nitrogens with one attached hydrogen (secondary N) is 1. The maximum atomic E-state index is 12.2. The molecule has 2 aliphatic rings. The lowest BCUT2D eigenvalue weighted by Crippen LogP contribution is -2.22. The van der Waals surface area contributed by atoms with Crippen LogP contribution in [0, 0.1) is 27.4 Å². The fourth-order valence-corrected chi connectivity index (χ4v) is 3.81. The summed E-state index contributed by atoms with van der Waals surface area (Å²) >= 11 is 0. The monoisotopic (exact) mass is 301 g/mol. The number of nitro benzene ring substituents is 1. The van der Waals surface area contributed by atoms with E-state index in [9.17, 15) is 14.9 Å². The van der Waals surface area contributed by atoms with Crippen LogP contribution in [0.5, 0.6) is 0 Å². The van der Waals surface area contributed by atoms with Gasteiger partial charge in [-0.15, -0.1) is 0 Å². The zero-order chi connectivity index (χ0) is 15.7. The molecule has 1 N–H and O–H groups in total. The molecule has 6 nitrogen and oxygen atoms in total. The Morgan fingerprint density at radius 1 is 1.50 bits per heavy atom. The van der Waals surface area contributed by atoms with Crippen molar-refractivity contribution in [2.75, 3.05) is 0 Å². The first-order valence-electron chi connectivity index (χ1n) is 7.60. The van der Waals surface area contributed by atoms with Crippen molar-refractivity contribution in [2.45, 2.75) is 32.6 Å². The number of rotatable bonds is 4. The molecule has 22 heavy (non-hydrogen) atoms. The highest BCUT2D eigenvalue weighted by Gasteiger charge is 2.64. The Hall–Kier alpha value is -2.24. The van der Waals surface area contributed by atoms with E-state index in [-0.39, 0.29) is 22.9 Å². The molecule has 0 heterocycles. The average Bonchev–Trinajstić information content (AvgIpc) is 3.13. The second-order valence-corrected chi connectivity index (χ2v) is 6.42. The van der Waals surface area contributed by atoms with E-state index in [1.807, 2.05) is 0 Å². The SMILES string of the molecule is C[C@]12CCCC[C@@H]1[C@H]2C(=O)N/N=C/c1cccc([N+](=O)[O-])c1. The van der Waals surface area contributed by atoms with Gasteiger partial charge in [-0.2, -0.15) is 5.10 Å². The second kappa shape index (κ2) is 5.51. The van der Waals surface area contributed by atoms with Gasteiger partial charge in [0, 0.05) is 23.6 Å². The van der Waals surface area contributed by atoms with Crippen molar-refractivity contribution < 1.29 is 9.72 Å². The molecule has 6 heteroatoms. The Morgan fingerprint density at radius 2 is 2.32 bits per heavy atom. The molecule has 0 spiro atoms. The second-order valence-electron chi connectivity index (χ2n) is 6.42. The molecule has 2 aliphatic carbocycles. The molecule has 0 unspecified atom stereocenters. The summed E-state index contributed by atoms with van der Waals surface area (Å²) in [6.07, 6.45) is 6.10. The number of hydrogen-bond donors (Lipinski definition) is 1. The van der Waals surface area contributed by atoms with E-state index in [0.717, 1.165) is 12.8 Å². The summed E-state index contributed by atoms with van der Waals surface area (Å²) in [5.41, 5.74) is 3.34. The minimum atomic E-state index is -0.453. The van der Waals surface area contributed by atoms with Crippen LogP contribution in [0.3, 0.4) is 0 Å². The van der Waals surface area contributed by atoms with E-state index in [1.54, 1.807) is 12.1 Å².